The zero-order chi connectivity index (χ0) is 20.3. The van der Waals surface area contributed by atoms with Crippen LogP contribution in [0.3, 0.4) is 0 Å². The van der Waals surface area contributed by atoms with Gasteiger partial charge in [0.15, 0.2) is 0 Å². The number of benzene rings is 2. The average molecular weight is 381 g/mol. The summed E-state index contributed by atoms with van der Waals surface area (Å²) in [5.41, 5.74) is 5.48. The second-order valence-electron chi connectivity index (χ2n) is 8.14. The molecular formula is C25H32O3. The SMILES string of the molecule is CC=C[C@H](O)C[C@]1(C)CCc2c(C)c(OCc3ccccc3)c(C)c(C)c2O1. The molecule has 2 atom stereocenters. The van der Waals surface area contributed by atoms with Gasteiger partial charge in [0.25, 0.3) is 0 Å². The highest BCUT2D eigenvalue weighted by Crippen LogP contribution is 2.45. The number of hydrogen-bond acceptors (Lipinski definition) is 3. The van der Waals surface area contributed by atoms with Crippen molar-refractivity contribution < 1.29 is 14.6 Å². The molecule has 1 aliphatic heterocycles. The van der Waals surface area contributed by atoms with Crippen molar-refractivity contribution in [3.8, 4) is 11.5 Å². The highest BCUT2D eigenvalue weighted by molar-refractivity contribution is 5.59. The van der Waals surface area contributed by atoms with E-state index in [0.29, 0.717) is 13.0 Å². The van der Waals surface area contributed by atoms with Crippen LogP contribution in [0.25, 0.3) is 0 Å². The van der Waals surface area contributed by atoms with Crippen LogP contribution in [0.15, 0.2) is 42.5 Å². The van der Waals surface area contributed by atoms with Crippen molar-refractivity contribution in [1.82, 2.24) is 0 Å². The predicted octanol–water partition coefficient (Wildman–Crippen LogP) is 5.60. The molecule has 2 aromatic rings. The van der Waals surface area contributed by atoms with E-state index in [9.17, 15) is 5.11 Å². The van der Waals surface area contributed by atoms with Gasteiger partial charge in [-0.1, -0.05) is 42.5 Å². The van der Waals surface area contributed by atoms with E-state index < -0.39 is 6.10 Å². The first-order chi connectivity index (χ1) is 13.3. The van der Waals surface area contributed by atoms with Crippen LogP contribution in [-0.4, -0.2) is 16.8 Å². The summed E-state index contributed by atoms with van der Waals surface area (Å²) < 4.78 is 12.7. The Morgan fingerprint density at radius 2 is 1.86 bits per heavy atom. The van der Waals surface area contributed by atoms with E-state index in [-0.39, 0.29) is 5.60 Å². The first-order valence-electron chi connectivity index (χ1n) is 10.1. The minimum atomic E-state index is -0.479. The van der Waals surface area contributed by atoms with Gasteiger partial charge in [0.05, 0.1) is 6.10 Å². The maximum Gasteiger partial charge on any atom is 0.127 e. The summed E-state index contributed by atoms with van der Waals surface area (Å²) in [7, 11) is 0. The van der Waals surface area contributed by atoms with Gasteiger partial charge < -0.3 is 14.6 Å². The zero-order valence-corrected chi connectivity index (χ0v) is 17.7. The Bertz CT molecular complexity index is 854. The lowest BCUT2D eigenvalue weighted by atomic mass is 9.84. The van der Waals surface area contributed by atoms with E-state index in [1.165, 1.54) is 16.7 Å². The Morgan fingerprint density at radius 3 is 2.54 bits per heavy atom. The lowest BCUT2D eigenvalue weighted by molar-refractivity contribution is 0.0213. The molecule has 3 heteroatoms. The molecule has 150 valence electrons. The van der Waals surface area contributed by atoms with Gasteiger partial charge in [-0.25, -0.2) is 0 Å². The summed E-state index contributed by atoms with van der Waals surface area (Å²) in [4.78, 5) is 0. The fraction of sp³-hybridized carbons (Fsp3) is 0.440. The third kappa shape index (κ3) is 4.25. The number of ether oxygens (including phenoxy) is 2. The Morgan fingerprint density at radius 1 is 1.14 bits per heavy atom. The van der Waals surface area contributed by atoms with Gasteiger partial charge in [0, 0.05) is 12.0 Å². The minimum absolute atomic E-state index is 0.359. The Hall–Kier alpha value is -2.26. The molecule has 3 rings (SSSR count). The van der Waals surface area contributed by atoms with Gasteiger partial charge in [-0.15, -0.1) is 0 Å². The molecule has 0 saturated heterocycles. The van der Waals surface area contributed by atoms with E-state index >= 15 is 0 Å². The van der Waals surface area contributed by atoms with Crippen LogP contribution in [0.2, 0.25) is 0 Å². The van der Waals surface area contributed by atoms with Gasteiger partial charge >= 0.3 is 0 Å². The van der Waals surface area contributed by atoms with Gasteiger partial charge in [-0.3, -0.25) is 0 Å². The Balaban J connectivity index is 1.86. The summed E-state index contributed by atoms with van der Waals surface area (Å²) in [6.07, 6.45) is 5.65. The number of aliphatic hydroxyl groups excluding tert-OH is 1. The van der Waals surface area contributed by atoms with Crippen molar-refractivity contribution >= 4 is 0 Å². The van der Waals surface area contributed by atoms with Crippen LogP contribution in [-0.2, 0) is 13.0 Å². The topological polar surface area (TPSA) is 38.7 Å². The third-order valence-electron chi connectivity index (χ3n) is 5.84. The molecule has 0 fully saturated rings. The molecule has 0 saturated carbocycles. The van der Waals surface area contributed by atoms with E-state index in [2.05, 4.69) is 39.8 Å². The van der Waals surface area contributed by atoms with Crippen molar-refractivity contribution in [2.24, 2.45) is 0 Å². The van der Waals surface area contributed by atoms with E-state index in [1.807, 2.05) is 37.3 Å². The molecule has 0 bridgehead atoms. The molecule has 3 nitrogen and oxygen atoms in total. The van der Waals surface area contributed by atoms with Crippen molar-refractivity contribution in [1.29, 1.82) is 0 Å². The van der Waals surface area contributed by atoms with Crippen LogP contribution in [0.4, 0.5) is 0 Å². The fourth-order valence-corrected chi connectivity index (χ4v) is 4.10. The van der Waals surface area contributed by atoms with E-state index in [4.69, 9.17) is 9.47 Å². The molecule has 0 radical (unpaired) electrons. The molecule has 0 aliphatic carbocycles. The van der Waals surface area contributed by atoms with Crippen molar-refractivity contribution in [2.75, 3.05) is 0 Å². The Labute approximate surface area is 169 Å². The summed E-state index contributed by atoms with van der Waals surface area (Å²) in [6.45, 7) is 10.9. The van der Waals surface area contributed by atoms with Gasteiger partial charge in [-0.05, 0) is 69.7 Å². The molecule has 0 amide bonds. The van der Waals surface area contributed by atoms with E-state index in [0.717, 1.165) is 35.5 Å². The maximum absolute atomic E-state index is 10.2. The largest absolute Gasteiger partial charge is 0.488 e. The lowest BCUT2D eigenvalue weighted by Gasteiger charge is -2.39. The predicted molar refractivity (Wildman–Crippen MR) is 114 cm³/mol. The summed E-state index contributed by atoms with van der Waals surface area (Å²) in [5.74, 6) is 1.95. The number of hydrogen-bond donors (Lipinski definition) is 1. The van der Waals surface area contributed by atoms with Crippen LogP contribution in [0.5, 0.6) is 11.5 Å². The molecule has 1 heterocycles. The molecule has 1 aliphatic rings. The van der Waals surface area contributed by atoms with Gasteiger partial charge in [-0.2, -0.15) is 0 Å². The average Bonchev–Trinajstić information content (AvgIpc) is 2.67. The van der Waals surface area contributed by atoms with Gasteiger partial charge in [0.2, 0.25) is 0 Å². The van der Waals surface area contributed by atoms with Crippen molar-refractivity contribution in [3.05, 3.63) is 70.3 Å². The highest BCUT2D eigenvalue weighted by Gasteiger charge is 2.36. The van der Waals surface area contributed by atoms with Crippen molar-refractivity contribution in [2.45, 2.75) is 72.2 Å². The molecule has 1 N–H and O–H groups in total. The quantitative estimate of drug-likeness (QED) is 0.663. The molecule has 28 heavy (non-hydrogen) atoms. The number of aliphatic hydroxyl groups is 1. The normalized spacial score (nSPS) is 19.9. The fourth-order valence-electron chi connectivity index (χ4n) is 4.10. The van der Waals surface area contributed by atoms with Crippen LogP contribution >= 0.6 is 0 Å². The van der Waals surface area contributed by atoms with E-state index in [1.54, 1.807) is 0 Å². The second-order valence-corrected chi connectivity index (χ2v) is 8.14. The van der Waals surface area contributed by atoms with Crippen molar-refractivity contribution in [3.63, 3.8) is 0 Å². The monoisotopic (exact) mass is 380 g/mol. The van der Waals surface area contributed by atoms with Crippen LogP contribution in [0.1, 0.15) is 54.5 Å². The van der Waals surface area contributed by atoms with Crippen LogP contribution < -0.4 is 9.47 Å². The smallest absolute Gasteiger partial charge is 0.127 e. The molecule has 0 spiro atoms. The number of rotatable bonds is 6. The summed E-state index contributed by atoms with van der Waals surface area (Å²) in [6, 6.07) is 10.3. The molecule has 0 unspecified atom stereocenters. The first-order valence-corrected chi connectivity index (χ1v) is 10.1. The second kappa shape index (κ2) is 8.40. The minimum Gasteiger partial charge on any atom is -0.488 e. The highest BCUT2D eigenvalue weighted by atomic mass is 16.5. The standard InChI is InChI=1S/C25H32O3/c1-6-10-21(26)15-25(5)14-13-22-19(4)23(17(2)18(3)24(22)28-25)27-16-20-11-8-7-9-12-20/h6-12,21,26H,13-16H2,1-5H3/t21-,25-/m0/s1. The molecule has 2 aromatic carbocycles. The first kappa shape index (κ1) is 20.5. The molecular weight excluding hydrogens is 348 g/mol. The van der Waals surface area contributed by atoms with Gasteiger partial charge in [0.1, 0.15) is 23.7 Å². The number of fused-ring (bicyclic) bond motifs is 1. The summed E-state index contributed by atoms with van der Waals surface area (Å²) in [5, 5.41) is 10.2. The summed E-state index contributed by atoms with van der Waals surface area (Å²) >= 11 is 0. The third-order valence-corrected chi connectivity index (χ3v) is 5.84. The number of allylic oxidation sites excluding steroid dienone is 1. The molecule has 0 aromatic heterocycles. The zero-order valence-electron chi connectivity index (χ0n) is 17.7. The maximum atomic E-state index is 10.2. The van der Waals surface area contributed by atoms with Crippen LogP contribution in [0, 0.1) is 20.8 Å². The Kier molecular flexibility index (Phi) is 6.14. The lowest BCUT2D eigenvalue weighted by Crippen LogP contribution is -2.40.